The third kappa shape index (κ3) is 3.81. The quantitative estimate of drug-likeness (QED) is 0.461. The van der Waals surface area contributed by atoms with Crippen LogP contribution in [0.15, 0.2) is 12.7 Å². The molecule has 1 unspecified atom stereocenters. The summed E-state index contributed by atoms with van der Waals surface area (Å²) in [6.45, 7) is 4.24. The van der Waals surface area contributed by atoms with Crippen LogP contribution < -0.4 is 5.32 Å². The van der Waals surface area contributed by atoms with Crippen LogP contribution in [0.25, 0.3) is 0 Å². The Morgan fingerprint density at radius 1 is 1.54 bits per heavy atom. The van der Waals surface area contributed by atoms with E-state index in [2.05, 4.69) is 6.58 Å². The van der Waals surface area contributed by atoms with Crippen LogP contribution in [0.3, 0.4) is 0 Å². The topological polar surface area (TPSA) is 101 Å². The largest absolute Gasteiger partial charge is 0.342 e. The number of amides is 1. The van der Waals surface area contributed by atoms with E-state index in [1.165, 1.54) is 0 Å². The van der Waals surface area contributed by atoms with Gasteiger partial charge in [-0.05, 0) is 13.0 Å². The minimum Gasteiger partial charge on any atom is -0.342 e. The van der Waals surface area contributed by atoms with Gasteiger partial charge in [-0.2, -0.15) is 8.42 Å². The number of hydrogen-bond donors (Lipinski definition) is 2. The van der Waals surface area contributed by atoms with E-state index >= 15 is 0 Å². The van der Waals surface area contributed by atoms with Gasteiger partial charge in [-0.1, -0.05) is 6.58 Å². The van der Waals surface area contributed by atoms with E-state index in [4.69, 9.17) is 4.55 Å². The third-order valence-corrected chi connectivity index (χ3v) is 2.01. The van der Waals surface area contributed by atoms with Gasteiger partial charge in [0.1, 0.15) is 6.04 Å². The molecule has 74 valence electrons. The summed E-state index contributed by atoms with van der Waals surface area (Å²) in [5, 5.41) is 0.534. The SMILES string of the molecule is C=CC(=O)NC(C)C(=O)S(=O)(=O)O. The molecule has 0 aromatic heterocycles. The summed E-state index contributed by atoms with van der Waals surface area (Å²) in [5.41, 5.74) is 0. The van der Waals surface area contributed by atoms with Crippen molar-refractivity contribution in [3.05, 3.63) is 12.7 Å². The first kappa shape index (κ1) is 11.8. The van der Waals surface area contributed by atoms with Gasteiger partial charge in [0, 0.05) is 0 Å². The van der Waals surface area contributed by atoms with Gasteiger partial charge in [-0.3, -0.25) is 14.1 Å². The first-order valence-electron chi connectivity index (χ1n) is 3.23. The molecule has 1 atom stereocenters. The van der Waals surface area contributed by atoms with Gasteiger partial charge in [-0.15, -0.1) is 0 Å². The van der Waals surface area contributed by atoms with Gasteiger partial charge in [0.25, 0.3) is 5.12 Å². The molecular formula is C6H9NO5S. The molecule has 0 aliphatic carbocycles. The van der Waals surface area contributed by atoms with Gasteiger partial charge in [0.15, 0.2) is 0 Å². The molecule has 2 N–H and O–H groups in total. The Balaban J connectivity index is 4.46. The molecule has 0 aromatic rings. The zero-order chi connectivity index (χ0) is 10.6. The van der Waals surface area contributed by atoms with E-state index < -0.39 is 27.2 Å². The molecule has 0 bridgehead atoms. The average Bonchev–Trinajstić information content (AvgIpc) is 2.01. The molecule has 0 radical (unpaired) electrons. The van der Waals surface area contributed by atoms with Crippen LogP contribution in [0.5, 0.6) is 0 Å². The summed E-state index contributed by atoms with van der Waals surface area (Å²) in [6.07, 6.45) is 0.883. The molecule has 13 heavy (non-hydrogen) atoms. The Morgan fingerprint density at radius 3 is 2.31 bits per heavy atom. The third-order valence-electron chi connectivity index (χ3n) is 1.15. The number of carbonyl (C=O) groups excluding carboxylic acids is 2. The lowest BCUT2D eigenvalue weighted by molar-refractivity contribution is -0.121. The Labute approximate surface area is 75.4 Å². The highest BCUT2D eigenvalue weighted by Crippen LogP contribution is 1.93. The van der Waals surface area contributed by atoms with E-state index in [0.717, 1.165) is 13.0 Å². The number of carbonyl (C=O) groups is 2. The van der Waals surface area contributed by atoms with Gasteiger partial charge in [0.05, 0.1) is 0 Å². The highest BCUT2D eigenvalue weighted by Gasteiger charge is 2.26. The van der Waals surface area contributed by atoms with Crippen LogP contribution in [0.4, 0.5) is 0 Å². The average molecular weight is 207 g/mol. The van der Waals surface area contributed by atoms with Crippen LogP contribution in [0, 0.1) is 0 Å². The van der Waals surface area contributed by atoms with E-state index in [-0.39, 0.29) is 0 Å². The summed E-state index contributed by atoms with van der Waals surface area (Å²) >= 11 is 0. The van der Waals surface area contributed by atoms with Crippen molar-refractivity contribution in [1.82, 2.24) is 5.32 Å². The highest BCUT2D eigenvalue weighted by atomic mass is 32.2. The van der Waals surface area contributed by atoms with E-state index in [1.807, 2.05) is 5.32 Å². The molecule has 0 aliphatic heterocycles. The maximum Gasteiger partial charge on any atom is 0.330 e. The smallest absolute Gasteiger partial charge is 0.330 e. The molecule has 0 fully saturated rings. The maximum absolute atomic E-state index is 10.7. The molecule has 0 rings (SSSR count). The van der Waals surface area contributed by atoms with Crippen molar-refractivity contribution < 1.29 is 22.6 Å². The molecule has 0 aliphatic rings. The van der Waals surface area contributed by atoms with Crippen LogP contribution in [-0.2, 0) is 19.7 Å². The van der Waals surface area contributed by atoms with Gasteiger partial charge in [0.2, 0.25) is 5.91 Å². The van der Waals surface area contributed by atoms with Crippen LogP contribution in [-0.4, -0.2) is 30.0 Å². The normalized spacial score (nSPS) is 13.1. The molecular weight excluding hydrogens is 198 g/mol. The molecule has 0 spiro atoms. The Hall–Kier alpha value is -1.21. The second-order valence-corrected chi connectivity index (χ2v) is 3.58. The minimum atomic E-state index is -4.74. The van der Waals surface area contributed by atoms with Crippen molar-refractivity contribution in [2.45, 2.75) is 13.0 Å². The zero-order valence-electron chi connectivity index (χ0n) is 6.85. The zero-order valence-corrected chi connectivity index (χ0v) is 7.67. The summed E-state index contributed by atoms with van der Waals surface area (Å²) in [4.78, 5) is 21.3. The molecule has 1 amide bonds. The number of nitrogens with one attached hydrogen (secondary N) is 1. The molecule has 0 saturated carbocycles. The Bertz CT molecular complexity index is 331. The van der Waals surface area contributed by atoms with Crippen LogP contribution in [0.2, 0.25) is 0 Å². The van der Waals surface area contributed by atoms with Crippen molar-refractivity contribution in [2.75, 3.05) is 0 Å². The van der Waals surface area contributed by atoms with Crippen LogP contribution in [0.1, 0.15) is 6.92 Å². The summed E-state index contributed by atoms with van der Waals surface area (Å²) in [5.74, 6) is -0.690. The summed E-state index contributed by atoms with van der Waals surface area (Å²) < 4.78 is 28.8. The lowest BCUT2D eigenvalue weighted by Gasteiger charge is -2.07. The fourth-order valence-corrected chi connectivity index (χ4v) is 1.06. The fraction of sp³-hybridized carbons (Fsp3) is 0.333. The first-order chi connectivity index (χ1) is 5.79. The van der Waals surface area contributed by atoms with Gasteiger partial charge in [-0.25, -0.2) is 0 Å². The lowest BCUT2D eigenvalue weighted by Crippen LogP contribution is -2.40. The van der Waals surface area contributed by atoms with Crippen molar-refractivity contribution in [3.8, 4) is 0 Å². The van der Waals surface area contributed by atoms with E-state index in [0.29, 0.717) is 0 Å². The van der Waals surface area contributed by atoms with E-state index in [1.54, 1.807) is 0 Å². The monoisotopic (exact) mass is 207 g/mol. The number of rotatable bonds is 3. The fourth-order valence-electron chi connectivity index (χ4n) is 0.555. The lowest BCUT2D eigenvalue weighted by atomic mass is 10.3. The Kier molecular flexibility index (Phi) is 3.76. The highest BCUT2D eigenvalue weighted by molar-refractivity contribution is 8.01. The van der Waals surface area contributed by atoms with Gasteiger partial charge >= 0.3 is 10.1 Å². The predicted octanol–water partition coefficient (Wildman–Crippen LogP) is -0.908. The molecule has 0 saturated heterocycles. The molecule has 7 heteroatoms. The van der Waals surface area contributed by atoms with Crippen molar-refractivity contribution in [3.63, 3.8) is 0 Å². The molecule has 0 heterocycles. The summed E-state index contributed by atoms with van der Waals surface area (Å²) in [6, 6.07) is -1.29. The number of hydrogen-bond acceptors (Lipinski definition) is 4. The van der Waals surface area contributed by atoms with Crippen molar-refractivity contribution in [1.29, 1.82) is 0 Å². The van der Waals surface area contributed by atoms with Crippen molar-refractivity contribution in [2.24, 2.45) is 0 Å². The Morgan fingerprint density at radius 2 is 2.00 bits per heavy atom. The predicted molar refractivity (Wildman–Crippen MR) is 44.4 cm³/mol. The molecule has 6 nitrogen and oxygen atoms in total. The maximum atomic E-state index is 10.7. The van der Waals surface area contributed by atoms with Crippen molar-refractivity contribution >= 4 is 21.1 Å². The second-order valence-electron chi connectivity index (χ2n) is 2.23. The second kappa shape index (κ2) is 4.15. The summed E-state index contributed by atoms with van der Waals surface area (Å²) in [7, 11) is -4.74. The van der Waals surface area contributed by atoms with E-state index in [9.17, 15) is 18.0 Å². The molecule has 0 aromatic carbocycles. The minimum absolute atomic E-state index is 0.690. The first-order valence-corrected chi connectivity index (χ1v) is 4.67. The van der Waals surface area contributed by atoms with Crippen LogP contribution >= 0.6 is 0 Å². The van der Waals surface area contributed by atoms with Gasteiger partial charge < -0.3 is 5.32 Å². The standard InChI is InChI=1S/C6H9NO5S/c1-3-5(8)7-4(2)6(9)13(10,11)12/h3-4H,1H2,2H3,(H,7,8)(H,10,11,12).